The van der Waals surface area contributed by atoms with Crippen LogP contribution in [0.5, 0.6) is 0 Å². The molecule has 3 N–H and O–H groups in total. The van der Waals surface area contributed by atoms with E-state index in [1.54, 1.807) is 39.0 Å². The molecular formula is C19H22N4O5S. The van der Waals surface area contributed by atoms with Crippen molar-refractivity contribution in [3.63, 3.8) is 0 Å². The van der Waals surface area contributed by atoms with E-state index in [0.717, 1.165) is 5.56 Å². The van der Waals surface area contributed by atoms with Crippen LogP contribution in [0.3, 0.4) is 0 Å². The topological polar surface area (TPSA) is 137 Å². The monoisotopic (exact) mass is 418 g/mol. The minimum Gasteiger partial charge on any atom is -0.448 e. The Morgan fingerprint density at radius 3 is 2.72 bits per heavy atom. The number of nitrogens with zero attached hydrogens (tertiary/aromatic N) is 2. The van der Waals surface area contributed by atoms with Gasteiger partial charge in [0.1, 0.15) is 22.4 Å². The number of aromatic nitrogens is 1. The number of nitrogens with two attached hydrogens (primary N) is 1. The van der Waals surface area contributed by atoms with Gasteiger partial charge in [-0.15, -0.1) is 0 Å². The van der Waals surface area contributed by atoms with Crippen LogP contribution in [0.2, 0.25) is 0 Å². The average Bonchev–Trinajstić information content (AvgIpc) is 3.07. The maximum atomic E-state index is 12.9. The van der Waals surface area contributed by atoms with E-state index in [4.69, 9.17) is 14.9 Å². The number of hydrogen-bond acceptors (Lipinski definition) is 8. The fraction of sp³-hybridized carbons (Fsp3) is 0.421. The first-order valence-corrected chi connectivity index (χ1v) is 10.7. The molecule has 2 aromatic rings. The van der Waals surface area contributed by atoms with Crippen LogP contribution in [0.4, 0.5) is 5.69 Å². The Morgan fingerprint density at radius 2 is 2.07 bits per heavy atom. The van der Waals surface area contributed by atoms with E-state index < -0.39 is 26.0 Å². The minimum absolute atomic E-state index is 0.0488. The number of ether oxygens (including phenoxy) is 1. The van der Waals surface area contributed by atoms with Crippen molar-refractivity contribution >= 4 is 27.3 Å². The van der Waals surface area contributed by atoms with Crippen molar-refractivity contribution in [2.75, 3.05) is 17.7 Å². The van der Waals surface area contributed by atoms with Gasteiger partial charge in [-0.3, -0.25) is 9.79 Å². The summed E-state index contributed by atoms with van der Waals surface area (Å²) < 4.78 is 35.4. The van der Waals surface area contributed by atoms with Crippen LogP contribution in [-0.2, 0) is 26.7 Å². The summed E-state index contributed by atoms with van der Waals surface area (Å²) >= 11 is 0. The van der Waals surface area contributed by atoms with Crippen molar-refractivity contribution in [1.82, 2.24) is 4.98 Å². The first-order valence-electron chi connectivity index (χ1n) is 9.07. The number of rotatable bonds is 2. The van der Waals surface area contributed by atoms with Crippen LogP contribution >= 0.6 is 0 Å². The van der Waals surface area contributed by atoms with Gasteiger partial charge in [0.15, 0.2) is 21.4 Å². The fourth-order valence-corrected chi connectivity index (χ4v) is 5.20. The lowest BCUT2D eigenvalue weighted by Gasteiger charge is -2.42. The van der Waals surface area contributed by atoms with Crippen LogP contribution in [0.25, 0.3) is 0 Å². The molecule has 1 atom stereocenters. The van der Waals surface area contributed by atoms with E-state index in [1.165, 1.54) is 6.26 Å². The smallest absolute Gasteiger partial charge is 0.277 e. The number of aryl methyl sites for hydroxylation is 1. The summed E-state index contributed by atoms with van der Waals surface area (Å²) in [6.07, 6.45) is 1.28. The minimum atomic E-state index is -3.58. The van der Waals surface area contributed by atoms with Crippen molar-refractivity contribution in [2.24, 2.45) is 10.7 Å². The van der Waals surface area contributed by atoms with E-state index >= 15 is 0 Å². The van der Waals surface area contributed by atoms with Crippen LogP contribution in [-0.4, -0.2) is 42.3 Å². The number of anilines is 1. The van der Waals surface area contributed by atoms with Gasteiger partial charge in [0.2, 0.25) is 0 Å². The van der Waals surface area contributed by atoms with Gasteiger partial charge in [-0.2, -0.15) is 0 Å². The highest BCUT2D eigenvalue weighted by molar-refractivity contribution is 7.93. The molecule has 0 aliphatic carbocycles. The van der Waals surface area contributed by atoms with Crippen LogP contribution in [0.15, 0.2) is 33.9 Å². The summed E-state index contributed by atoms with van der Waals surface area (Å²) in [5.74, 6) is -0.215. The molecule has 4 rings (SSSR count). The molecule has 2 aliphatic rings. The van der Waals surface area contributed by atoms with Crippen molar-refractivity contribution in [1.29, 1.82) is 0 Å². The summed E-state index contributed by atoms with van der Waals surface area (Å²) in [5.41, 5.74) is 7.06. The standard InChI is InChI=1S/C19H22N4O5S/c1-11-21-15(8-28-11)16(24)22-13-5-4-12-7-27-9-19(14(12)6-13)10-29(25,26)18(2,3)17(20)23-19/h4-6,8H,7,9-10H2,1-3H3,(H2,20,23)(H,22,24). The zero-order valence-corrected chi connectivity index (χ0v) is 17.2. The van der Waals surface area contributed by atoms with E-state index in [9.17, 15) is 13.2 Å². The first-order chi connectivity index (χ1) is 13.5. The Kier molecular flexibility index (Phi) is 4.32. The normalized spacial score (nSPS) is 24.6. The van der Waals surface area contributed by atoms with Gasteiger partial charge in [0.05, 0.1) is 19.0 Å². The van der Waals surface area contributed by atoms with Crippen LogP contribution in [0, 0.1) is 6.92 Å². The molecule has 0 fully saturated rings. The lowest BCUT2D eigenvalue weighted by molar-refractivity contribution is 0.0610. The first kappa shape index (κ1) is 19.6. The van der Waals surface area contributed by atoms with Crippen molar-refractivity contribution in [3.8, 4) is 0 Å². The number of amides is 1. The SMILES string of the molecule is Cc1nc(C(=O)Nc2ccc3c(c2)C2(COC3)CS(=O)(=O)C(C)(C)C(N)=N2)co1. The molecule has 154 valence electrons. The highest BCUT2D eigenvalue weighted by atomic mass is 32.2. The number of aliphatic imine (C=N–C) groups is 1. The van der Waals surface area contributed by atoms with Crippen molar-refractivity contribution < 1.29 is 22.4 Å². The second-order valence-electron chi connectivity index (χ2n) is 7.87. The van der Waals surface area contributed by atoms with E-state index in [1.807, 2.05) is 0 Å². The number of carbonyl (C=O) groups is 1. The molecule has 0 saturated heterocycles. The van der Waals surface area contributed by atoms with Crippen molar-refractivity contribution in [2.45, 2.75) is 37.7 Å². The van der Waals surface area contributed by atoms with Crippen molar-refractivity contribution in [3.05, 3.63) is 47.2 Å². The number of hydrogen-bond donors (Lipinski definition) is 2. The lowest BCUT2D eigenvalue weighted by Crippen LogP contribution is -2.57. The summed E-state index contributed by atoms with van der Waals surface area (Å²) in [6.45, 7) is 5.17. The Hall–Kier alpha value is -2.72. The predicted molar refractivity (Wildman–Crippen MR) is 106 cm³/mol. The van der Waals surface area contributed by atoms with Gasteiger partial charge in [0, 0.05) is 12.6 Å². The van der Waals surface area contributed by atoms with Gasteiger partial charge < -0.3 is 20.2 Å². The molecular weight excluding hydrogens is 396 g/mol. The van der Waals surface area contributed by atoms with Gasteiger partial charge >= 0.3 is 0 Å². The molecule has 1 aromatic carbocycles. The highest BCUT2D eigenvalue weighted by Gasteiger charge is 2.52. The number of benzene rings is 1. The second kappa shape index (κ2) is 6.39. The molecule has 0 radical (unpaired) electrons. The molecule has 1 amide bonds. The molecule has 0 bridgehead atoms. The largest absolute Gasteiger partial charge is 0.448 e. The molecule has 9 nitrogen and oxygen atoms in total. The summed E-state index contributed by atoms with van der Waals surface area (Å²) in [4.78, 5) is 21.0. The molecule has 1 aromatic heterocycles. The zero-order valence-electron chi connectivity index (χ0n) is 16.4. The summed E-state index contributed by atoms with van der Waals surface area (Å²) in [6, 6.07) is 5.24. The molecule has 3 heterocycles. The number of carbonyl (C=O) groups excluding carboxylic acids is 1. The molecule has 0 saturated carbocycles. The maximum absolute atomic E-state index is 12.9. The van der Waals surface area contributed by atoms with Gasteiger partial charge in [0.25, 0.3) is 5.91 Å². The Labute approximate surface area is 168 Å². The third kappa shape index (κ3) is 3.12. The van der Waals surface area contributed by atoms with E-state index in [-0.39, 0.29) is 23.9 Å². The number of nitrogens with one attached hydrogen (secondary N) is 1. The number of amidine groups is 1. The van der Waals surface area contributed by atoms with Crippen LogP contribution in [0.1, 0.15) is 41.4 Å². The summed E-state index contributed by atoms with van der Waals surface area (Å²) in [7, 11) is -3.58. The highest BCUT2D eigenvalue weighted by Crippen LogP contribution is 2.42. The predicted octanol–water partition coefficient (Wildman–Crippen LogP) is 1.53. The number of fused-ring (bicyclic) bond motifs is 2. The Morgan fingerprint density at radius 1 is 1.31 bits per heavy atom. The Bertz CT molecular complexity index is 1140. The van der Waals surface area contributed by atoms with Gasteiger partial charge in [-0.05, 0) is 37.1 Å². The molecule has 29 heavy (non-hydrogen) atoms. The zero-order chi connectivity index (χ0) is 21.0. The maximum Gasteiger partial charge on any atom is 0.277 e. The summed E-state index contributed by atoms with van der Waals surface area (Å²) in [5, 5.41) is 2.76. The number of sulfone groups is 1. The lowest BCUT2D eigenvalue weighted by atomic mass is 9.86. The molecule has 1 unspecified atom stereocenters. The van der Waals surface area contributed by atoms with E-state index in [0.29, 0.717) is 23.7 Å². The third-order valence-electron chi connectivity index (χ3n) is 5.48. The average molecular weight is 418 g/mol. The van der Waals surface area contributed by atoms with Gasteiger partial charge in [-0.1, -0.05) is 6.07 Å². The third-order valence-corrected chi connectivity index (χ3v) is 8.10. The molecule has 10 heteroatoms. The number of oxazole rings is 1. The molecule has 1 spiro atoms. The van der Waals surface area contributed by atoms with E-state index in [2.05, 4.69) is 15.3 Å². The quantitative estimate of drug-likeness (QED) is 0.754. The Balaban J connectivity index is 1.75. The second-order valence-corrected chi connectivity index (χ2v) is 10.4. The molecule has 2 aliphatic heterocycles. The van der Waals surface area contributed by atoms with Gasteiger partial charge in [-0.25, -0.2) is 13.4 Å². The van der Waals surface area contributed by atoms with Crippen LogP contribution < -0.4 is 11.1 Å². The fourth-order valence-electron chi connectivity index (χ4n) is 3.55.